The van der Waals surface area contributed by atoms with E-state index in [0.29, 0.717) is 17.8 Å². The van der Waals surface area contributed by atoms with Gasteiger partial charge in [0, 0.05) is 5.41 Å². The summed E-state index contributed by atoms with van der Waals surface area (Å²) in [4.78, 5) is 23.9. The summed E-state index contributed by atoms with van der Waals surface area (Å²) < 4.78 is 0. The topological polar surface area (TPSA) is 66.4 Å². The zero-order chi connectivity index (χ0) is 14.3. The summed E-state index contributed by atoms with van der Waals surface area (Å²) >= 11 is 0. The van der Waals surface area contributed by atoms with Gasteiger partial charge in [0.1, 0.15) is 6.04 Å². The number of carbonyl (C=O) groups excluding carboxylic acids is 1. The number of aliphatic carboxylic acids is 1. The third-order valence-electron chi connectivity index (χ3n) is 5.53. The van der Waals surface area contributed by atoms with Crippen molar-refractivity contribution in [2.75, 3.05) is 0 Å². The van der Waals surface area contributed by atoms with E-state index >= 15 is 0 Å². The lowest BCUT2D eigenvalue weighted by molar-refractivity contribution is -0.151. The first-order valence-corrected chi connectivity index (χ1v) is 7.67. The minimum absolute atomic E-state index is 0.0224. The predicted molar refractivity (Wildman–Crippen MR) is 75.0 cm³/mol. The van der Waals surface area contributed by atoms with E-state index in [1.807, 2.05) is 0 Å². The molecule has 0 saturated heterocycles. The number of carbonyl (C=O) groups is 2. The molecule has 2 N–H and O–H groups in total. The molecule has 0 heterocycles. The van der Waals surface area contributed by atoms with Crippen LogP contribution in [0.15, 0.2) is 12.7 Å². The quantitative estimate of drug-likeness (QED) is 0.758. The Morgan fingerprint density at radius 3 is 2.10 bits per heavy atom. The van der Waals surface area contributed by atoms with Gasteiger partial charge in [-0.25, -0.2) is 4.79 Å². The Balaban J connectivity index is 1.73. The highest BCUT2D eigenvalue weighted by Gasteiger charge is 2.54. The van der Waals surface area contributed by atoms with Crippen LogP contribution in [0.5, 0.6) is 0 Å². The molecule has 4 heteroatoms. The Hall–Kier alpha value is -1.32. The second-order valence-electron chi connectivity index (χ2n) is 7.09. The van der Waals surface area contributed by atoms with Gasteiger partial charge in [0.05, 0.1) is 0 Å². The van der Waals surface area contributed by atoms with Crippen LogP contribution in [0.1, 0.15) is 44.9 Å². The van der Waals surface area contributed by atoms with Crippen molar-refractivity contribution in [3.8, 4) is 0 Å². The molecule has 4 aliphatic carbocycles. The van der Waals surface area contributed by atoms with Gasteiger partial charge in [-0.05, 0) is 62.7 Å². The van der Waals surface area contributed by atoms with E-state index in [0.717, 1.165) is 19.3 Å². The highest BCUT2D eigenvalue weighted by Crippen LogP contribution is 2.60. The number of hydrogen-bond acceptors (Lipinski definition) is 2. The van der Waals surface area contributed by atoms with Crippen molar-refractivity contribution < 1.29 is 14.7 Å². The van der Waals surface area contributed by atoms with Crippen molar-refractivity contribution in [1.29, 1.82) is 0 Å². The van der Waals surface area contributed by atoms with Crippen LogP contribution in [-0.4, -0.2) is 23.0 Å². The van der Waals surface area contributed by atoms with Crippen LogP contribution in [0, 0.1) is 23.2 Å². The van der Waals surface area contributed by atoms with Crippen LogP contribution in [-0.2, 0) is 9.59 Å². The molecule has 0 radical (unpaired) electrons. The molecule has 0 spiro atoms. The monoisotopic (exact) mass is 277 g/mol. The standard InChI is InChI=1S/C16H23NO3/c1-2-3-13(14(18)19)17-15(20)16-7-10-4-11(8-16)6-12(5-10)9-16/h2,10-13H,1,3-9H2,(H,17,20)(H,18,19)/t10?,11?,12?,13-,16?/m0/s1. The Bertz CT molecular complexity index is 408. The third-order valence-corrected chi connectivity index (χ3v) is 5.53. The second kappa shape index (κ2) is 4.90. The van der Waals surface area contributed by atoms with Crippen LogP contribution in [0.4, 0.5) is 0 Å². The molecule has 4 bridgehead atoms. The lowest BCUT2D eigenvalue weighted by Gasteiger charge is -2.55. The zero-order valence-electron chi connectivity index (χ0n) is 11.8. The van der Waals surface area contributed by atoms with E-state index < -0.39 is 12.0 Å². The van der Waals surface area contributed by atoms with Gasteiger partial charge in [0.25, 0.3) is 0 Å². The van der Waals surface area contributed by atoms with Crippen LogP contribution in [0.25, 0.3) is 0 Å². The average Bonchev–Trinajstić information content (AvgIpc) is 2.36. The summed E-state index contributed by atoms with van der Waals surface area (Å²) in [6.07, 6.45) is 8.57. The van der Waals surface area contributed by atoms with Crippen molar-refractivity contribution in [3.05, 3.63) is 12.7 Å². The molecule has 0 aromatic rings. The maximum absolute atomic E-state index is 12.7. The molecule has 1 atom stereocenters. The first-order valence-electron chi connectivity index (χ1n) is 7.67. The molecule has 0 aromatic carbocycles. The fourth-order valence-corrected chi connectivity index (χ4v) is 5.09. The fraction of sp³-hybridized carbons (Fsp3) is 0.750. The van der Waals surface area contributed by atoms with Gasteiger partial charge in [-0.3, -0.25) is 4.79 Å². The summed E-state index contributed by atoms with van der Waals surface area (Å²) in [6.45, 7) is 3.57. The Labute approximate surface area is 119 Å². The molecule has 1 amide bonds. The summed E-state index contributed by atoms with van der Waals surface area (Å²) in [5.41, 5.74) is -0.274. The molecule has 20 heavy (non-hydrogen) atoms. The lowest BCUT2D eigenvalue weighted by atomic mass is 9.49. The average molecular weight is 277 g/mol. The van der Waals surface area contributed by atoms with Crippen molar-refractivity contribution in [2.24, 2.45) is 23.2 Å². The van der Waals surface area contributed by atoms with Crippen molar-refractivity contribution in [3.63, 3.8) is 0 Å². The number of rotatable bonds is 5. The minimum Gasteiger partial charge on any atom is -0.480 e. The molecule has 4 aliphatic rings. The molecule has 4 fully saturated rings. The lowest BCUT2D eigenvalue weighted by Crippen LogP contribution is -2.56. The fourth-order valence-electron chi connectivity index (χ4n) is 5.09. The molecule has 0 aromatic heterocycles. The molecule has 4 nitrogen and oxygen atoms in total. The maximum Gasteiger partial charge on any atom is 0.326 e. The molecule has 0 aliphatic heterocycles. The summed E-state index contributed by atoms with van der Waals surface area (Å²) in [6, 6.07) is -0.826. The van der Waals surface area contributed by atoms with E-state index in [1.165, 1.54) is 19.3 Å². The van der Waals surface area contributed by atoms with Crippen LogP contribution in [0.3, 0.4) is 0 Å². The van der Waals surface area contributed by atoms with Crippen molar-refractivity contribution >= 4 is 11.9 Å². The number of amides is 1. The van der Waals surface area contributed by atoms with Crippen molar-refractivity contribution in [2.45, 2.75) is 51.0 Å². The van der Waals surface area contributed by atoms with Crippen LogP contribution >= 0.6 is 0 Å². The summed E-state index contributed by atoms with van der Waals surface area (Å²) in [5.74, 6) is 1.08. The molecular weight excluding hydrogens is 254 g/mol. The van der Waals surface area contributed by atoms with Gasteiger partial charge in [-0.2, -0.15) is 0 Å². The predicted octanol–water partition coefficient (Wildman–Crippen LogP) is 2.35. The summed E-state index contributed by atoms with van der Waals surface area (Å²) in [7, 11) is 0. The maximum atomic E-state index is 12.7. The molecular formula is C16H23NO3. The Kier molecular flexibility index (Phi) is 3.35. The number of nitrogens with one attached hydrogen (secondary N) is 1. The van der Waals surface area contributed by atoms with Gasteiger partial charge in [-0.15, -0.1) is 6.58 Å². The minimum atomic E-state index is -0.969. The smallest absolute Gasteiger partial charge is 0.326 e. The number of carboxylic acids is 1. The Morgan fingerprint density at radius 1 is 1.20 bits per heavy atom. The summed E-state index contributed by atoms with van der Waals surface area (Å²) in [5, 5.41) is 11.9. The van der Waals surface area contributed by atoms with E-state index in [9.17, 15) is 14.7 Å². The van der Waals surface area contributed by atoms with Gasteiger partial charge in [0.15, 0.2) is 0 Å². The molecule has 4 rings (SSSR count). The molecule has 4 saturated carbocycles. The molecule has 0 unspecified atom stereocenters. The molecule has 110 valence electrons. The third kappa shape index (κ3) is 2.25. The van der Waals surface area contributed by atoms with E-state index in [4.69, 9.17) is 0 Å². The second-order valence-corrected chi connectivity index (χ2v) is 7.09. The van der Waals surface area contributed by atoms with E-state index in [-0.39, 0.29) is 17.7 Å². The Morgan fingerprint density at radius 2 is 1.70 bits per heavy atom. The normalized spacial score (nSPS) is 39.3. The largest absolute Gasteiger partial charge is 0.480 e. The van der Waals surface area contributed by atoms with Crippen molar-refractivity contribution in [1.82, 2.24) is 5.32 Å². The highest BCUT2D eigenvalue weighted by molar-refractivity contribution is 5.88. The van der Waals surface area contributed by atoms with Crippen LogP contribution < -0.4 is 5.32 Å². The number of carboxylic acid groups (broad SMARTS) is 1. The van der Waals surface area contributed by atoms with Crippen LogP contribution in [0.2, 0.25) is 0 Å². The van der Waals surface area contributed by atoms with Gasteiger partial charge in [0.2, 0.25) is 5.91 Å². The first kappa shape index (κ1) is 13.7. The first-order chi connectivity index (χ1) is 9.52. The van der Waals surface area contributed by atoms with Gasteiger partial charge in [-0.1, -0.05) is 6.08 Å². The van der Waals surface area contributed by atoms with E-state index in [2.05, 4.69) is 11.9 Å². The van der Waals surface area contributed by atoms with Gasteiger partial charge >= 0.3 is 5.97 Å². The van der Waals surface area contributed by atoms with E-state index in [1.54, 1.807) is 6.08 Å². The highest BCUT2D eigenvalue weighted by atomic mass is 16.4. The van der Waals surface area contributed by atoms with Gasteiger partial charge < -0.3 is 10.4 Å². The number of hydrogen-bond donors (Lipinski definition) is 2. The zero-order valence-corrected chi connectivity index (χ0v) is 11.8. The SMILES string of the molecule is C=CC[C@H](NC(=O)C12CC3CC(CC(C3)C1)C2)C(=O)O.